The average Bonchev–Trinajstić information content (AvgIpc) is 2.29. The fourth-order valence-electron chi connectivity index (χ4n) is 2.74. The van der Waals surface area contributed by atoms with E-state index in [4.69, 9.17) is 0 Å². The van der Waals surface area contributed by atoms with Crippen molar-refractivity contribution in [2.24, 2.45) is 5.92 Å². The van der Waals surface area contributed by atoms with Crippen LogP contribution in [-0.2, 0) is 11.2 Å². The summed E-state index contributed by atoms with van der Waals surface area (Å²) in [6.45, 7) is 4.47. The summed E-state index contributed by atoms with van der Waals surface area (Å²) in [7, 11) is 0. The molecule has 92 valence electrons. The first-order valence-electron chi connectivity index (χ1n) is 6.78. The molecule has 1 nitrogen and oxygen atoms in total. The molecule has 1 aliphatic carbocycles. The zero-order valence-electron chi connectivity index (χ0n) is 10.9. The van der Waals surface area contributed by atoms with Gasteiger partial charge in [0.15, 0.2) is 0 Å². The maximum absolute atomic E-state index is 11.9. The van der Waals surface area contributed by atoms with Crippen molar-refractivity contribution in [1.82, 2.24) is 0 Å². The van der Waals surface area contributed by atoms with E-state index in [2.05, 4.69) is 38.1 Å². The number of carbonyl (C=O) groups is 1. The molecule has 1 saturated carbocycles. The topological polar surface area (TPSA) is 17.1 Å². The largest absolute Gasteiger partial charge is 0.299 e. The van der Waals surface area contributed by atoms with Gasteiger partial charge in [-0.2, -0.15) is 0 Å². The molecule has 1 atom stereocenters. The number of ketones is 1. The number of hydrogen-bond acceptors (Lipinski definition) is 1. The second kappa shape index (κ2) is 5.48. The Hall–Kier alpha value is -1.11. The molecule has 2 rings (SSSR count). The monoisotopic (exact) mass is 230 g/mol. The lowest BCUT2D eigenvalue weighted by molar-refractivity contribution is -0.121. The number of benzene rings is 1. The standard InChI is InChI=1S/C16H22O/c1-12(2)10-13-6-5-7-14(11-13)15-8-3-4-9-16(15)17/h5-7,11-12,15H,3-4,8-10H2,1-2H3. The number of rotatable bonds is 3. The highest BCUT2D eigenvalue weighted by Crippen LogP contribution is 2.30. The van der Waals surface area contributed by atoms with Gasteiger partial charge in [-0.15, -0.1) is 0 Å². The lowest BCUT2D eigenvalue weighted by Crippen LogP contribution is -2.17. The van der Waals surface area contributed by atoms with Crippen LogP contribution in [0.5, 0.6) is 0 Å². The predicted octanol–water partition coefficient (Wildman–Crippen LogP) is 4.11. The molecule has 0 radical (unpaired) electrons. The molecule has 1 aromatic carbocycles. The van der Waals surface area contributed by atoms with E-state index >= 15 is 0 Å². The minimum absolute atomic E-state index is 0.177. The molecule has 0 N–H and O–H groups in total. The minimum atomic E-state index is 0.177. The summed E-state index contributed by atoms with van der Waals surface area (Å²) in [5.41, 5.74) is 2.61. The van der Waals surface area contributed by atoms with Gasteiger partial charge >= 0.3 is 0 Å². The first-order valence-corrected chi connectivity index (χ1v) is 6.78. The van der Waals surface area contributed by atoms with Crippen LogP contribution in [0.4, 0.5) is 0 Å². The molecule has 1 fully saturated rings. The molecular weight excluding hydrogens is 208 g/mol. The van der Waals surface area contributed by atoms with Crippen LogP contribution in [0.2, 0.25) is 0 Å². The maximum Gasteiger partial charge on any atom is 0.140 e. The molecule has 1 unspecified atom stereocenters. The Kier molecular flexibility index (Phi) is 3.98. The molecule has 1 aromatic rings. The van der Waals surface area contributed by atoms with E-state index in [1.165, 1.54) is 17.5 Å². The van der Waals surface area contributed by atoms with E-state index in [9.17, 15) is 4.79 Å². The van der Waals surface area contributed by atoms with E-state index in [-0.39, 0.29) is 5.92 Å². The molecule has 0 bridgehead atoms. The Balaban J connectivity index is 2.17. The van der Waals surface area contributed by atoms with Crippen LogP contribution < -0.4 is 0 Å². The van der Waals surface area contributed by atoms with Gasteiger partial charge in [0, 0.05) is 12.3 Å². The summed E-state index contributed by atoms with van der Waals surface area (Å²) in [5.74, 6) is 1.29. The van der Waals surface area contributed by atoms with Gasteiger partial charge in [0.1, 0.15) is 5.78 Å². The fourth-order valence-corrected chi connectivity index (χ4v) is 2.74. The summed E-state index contributed by atoms with van der Waals surface area (Å²) in [4.78, 5) is 11.9. The number of hydrogen-bond donors (Lipinski definition) is 0. The van der Waals surface area contributed by atoms with Gasteiger partial charge in [-0.1, -0.05) is 44.5 Å². The van der Waals surface area contributed by atoms with Crippen molar-refractivity contribution in [3.8, 4) is 0 Å². The molecule has 0 saturated heterocycles. The van der Waals surface area contributed by atoms with Crippen molar-refractivity contribution in [3.63, 3.8) is 0 Å². The first kappa shape index (κ1) is 12.3. The van der Waals surface area contributed by atoms with Gasteiger partial charge in [0.25, 0.3) is 0 Å². The van der Waals surface area contributed by atoms with E-state index in [0.717, 1.165) is 25.7 Å². The second-order valence-corrected chi connectivity index (χ2v) is 5.61. The summed E-state index contributed by atoms with van der Waals surface area (Å²) < 4.78 is 0. The number of carbonyl (C=O) groups excluding carboxylic acids is 1. The summed E-state index contributed by atoms with van der Waals surface area (Å²) in [5, 5.41) is 0. The van der Waals surface area contributed by atoms with Gasteiger partial charge in [-0.05, 0) is 36.3 Å². The SMILES string of the molecule is CC(C)Cc1cccc(C2CCCCC2=O)c1. The lowest BCUT2D eigenvalue weighted by Gasteiger charge is -2.21. The van der Waals surface area contributed by atoms with Crippen molar-refractivity contribution < 1.29 is 4.79 Å². The van der Waals surface area contributed by atoms with Crippen LogP contribution in [0.25, 0.3) is 0 Å². The summed E-state index contributed by atoms with van der Waals surface area (Å²) in [6, 6.07) is 8.65. The van der Waals surface area contributed by atoms with Crippen LogP contribution in [0.15, 0.2) is 24.3 Å². The molecule has 1 aliphatic rings. The zero-order chi connectivity index (χ0) is 12.3. The van der Waals surface area contributed by atoms with Crippen molar-refractivity contribution in [3.05, 3.63) is 35.4 Å². The first-order chi connectivity index (χ1) is 8.16. The van der Waals surface area contributed by atoms with Gasteiger partial charge in [-0.3, -0.25) is 4.79 Å². The fraction of sp³-hybridized carbons (Fsp3) is 0.562. The van der Waals surface area contributed by atoms with Crippen LogP contribution >= 0.6 is 0 Å². The summed E-state index contributed by atoms with van der Waals surface area (Å²) in [6.07, 6.45) is 5.21. The van der Waals surface area contributed by atoms with Gasteiger partial charge < -0.3 is 0 Å². The molecule has 0 amide bonds. The molecule has 0 aliphatic heterocycles. The van der Waals surface area contributed by atoms with Crippen LogP contribution in [0, 0.1) is 5.92 Å². The molecule has 0 aromatic heterocycles. The molecule has 0 heterocycles. The highest BCUT2D eigenvalue weighted by Gasteiger charge is 2.23. The highest BCUT2D eigenvalue weighted by molar-refractivity contribution is 5.86. The van der Waals surface area contributed by atoms with Crippen LogP contribution in [-0.4, -0.2) is 5.78 Å². The molecular formula is C16H22O. The molecule has 1 heteroatoms. The predicted molar refractivity (Wildman–Crippen MR) is 71.2 cm³/mol. The van der Waals surface area contributed by atoms with Crippen LogP contribution in [0.3, 0.4) is 0 Å². The maximum atomic E-state index is 11.9. The van der Waals surface area contributed by atoms with E-state index in [1.54, 1.807) is 0 Å². The average molecular weight is 230 g/mol. The van der Waals surface area contributed by atoms with Gasteiger partial charge in [-0.25, -0.2) is 0 Å². The van der Waals surface area contributed by atoms with Crippen molar-refractivity contribution in [2.45, 2.75) is 51.9 Å². The third-order valence-corrected chi connectivity index (χ3v) is 3.55. The Morgan fingerprint density at radius 2 is 2.12 bits per heavy atom. The van der Waals surface area contributed by atoms with E-state index in [1.807, 2.05) is 0 Å². The normalized spacial score (nSPS) is 20.9. The van der Waals surface area contributed by atoms with E-state index in [0.29, 0.717) is 11.7 Å². The van der Waals surface area contributed by atoms with Gasteiger partial charge in [0.05, 0.1) is 0 Å². The Bertz CT molecular complexity index is 392. The van der Waals surface area contributed by atoms with Gasteiger partial charge in [0.2, 0.25) is 0 Å². The number of Topliss-reactive ketones (excluding diaryl/α,β-unsaturated/α-hetero) is 1. The quantitative estimate of drug-likeness (QED) is 0.763. The van der Waals surface area contributed by atoms with Crippen molar-refractivity contribution in [1.29, 1.82) is 0 Å². The van der Waals surface area contributed by atoms with Crippen LogP contribution in [0.1, 0.15) is 56.6 Å². The highest BCUT2D eigenvalue weighted by atomic mass is 16.1. The lowest BCUT2D eigenvalue weighted by atomic mass is 9.82. The molecule has 0 spiro atoms. The summed E-state index contributed by atoms with van der Waals surface area (Å²) >= 11 is 0. The third kappa shape index (κ3) is 3.18. The van der Waals surface area contributed by atoms with Crippen molar-refractivity contribution in [2.75, 3.05) is 0 Å². The van der Waals surface area contributed by atoms with Crippen molar-refractivity contribution >= 4 is 5.78 Å². The smallest absolute Gasteiger partial charge is 0.140 e. The minimum Gasteiger partial charge on any atom is -0.299 e. The molecule has 17 heavy (non-hydrogen) atoms. The van der Waals surface area contributed by atoms with E-state index < -0.39 is 0 Å². The zero-order valence-corrected chi connectivity index (χ0v) is 10.9. The Morgan fingerprint density at radius 3 is 2.82 bits per heavy atom. The Labute approximate surface area is 104 Å². The third-order valence-electron chi connectivity index (χ3n) is 3.55. The Morgan fingerprint density at radius 1 is 1.29 bits per heavy atom. The second-order valence-electron chi connectivity index (χ2n) is 5.61.